The lowest BCUT2D eigenvalue weighted by molar-refractivity contribution is 0.102. The van der Waals surface area contributed by atoms with Crippen LogP contribution in [0.25, 0.3) is 21.9 Å². The van der Waals surface area contributed by atoms with Crippen molar-refractivity contribution in [3.8, 4) is 17.2 Å². The summed E-state index contributed by atoms with van der Waals surface area (Å²) in [5, 5.41) is 16.3. The fraction of sp³-hybridized carbons (Fsp3) is 0.185. The number of hydrogen-bond acceptors (Lipinski definition) is 5. The molecule has 0 radical (unpaired) electrons. The Labute approximate surface area is 197 Å². The number of halogens is 1. The first kappa shape index (κ1) is 22.9. The van der Waals surface area contributed by atoms with Crippen molar-refractivity contribution in [2.24, 2.45) is 0 Å². The number of rotatable bonds is 5. The molecule has 7 heteroatoms. The summed E-state index contributed by atoms with van der Waals surface area (Å²) in [6.45, 7) is 5.50. The number of carbonyl (C=O) groups excluding carboxylic acids is 1. The van der Waals surface area contributed by atoms with Gasteiger partial charge in [0.15, 0.2) is 0 Å². The lowest BCUT2D eigenvalue weighted by atomic mass is 9.86. The van der Waals surface area contributed by atoms with Crippen molar-refractivity contribution in [2.45, 2.75) is 26.2 Å². The van der Waals surface area contributed by atoms with Crippen LogP contribution in [0.4, 0.5) is 15.9 Å². The van der Waals surface area contributed by atoms with Gasteiger partial charge in [0, 0.05) is 35.9 Å². The number of benzene rings is 2. The van der Waals surface area contributed by atoms with Crippen molar-refractivity contribution in [2.75, 3.05) is 17.7 Å². The molecule has 0 aliphatic heterocycles. The molecule has 0 saturated heterocycles. The van der Waals surface area contributed by atoms with Gasteiger partial charge in [0.05, 0.1) is 11.5 Å². The van der Waals surface area contributed by atoms with Crippen LogP contribution in [-0.4, -0.2) is 22.9 Å². The van der Waals surface area contributed by atoms with Gasteiger partial charge in [-0.1, -0.05) is 6.07 Å². The molecule has 6 nitrogen and oxygen atoms in total. The second kappa shape index (κ2) is 8.91. The van der Waals surface area contributed by atoms with Crippen LogP contribution in [0, 0.1) is 24.1 Å². The van der Waals surface area contributed by atoms with Crippen molar-refractivity contribution in [1.82, 2.24) is 9.97 Å². The van der Waals surface area contributed by atoms with E-state index in [1.165, 1.54) is 12.3 Å². The molecule has 170 valence electrons. The number of aryl methyl sites for hydroxylation is 1. The third-order valence-corrected chi connectivity index (χ3v) is 5.84. The first-order chi connectivity index (χ1) is 16.2. The monoisotopic (exact) mass is 453 g/mol. The second-order valence-corrected chi connectivity index (χ2v) is 8.65. The lowest BCUT2D eigenvalue weighted by Crippen LogP contribution is -2.18. The number of anilines is 2. The van der Waals surface area contributed by atoms with E-state index in [1.807, 2.05) is 25.1 Å². The minimum atomic E-state index is -0.738. The minimum Gasteiger partial charge on any atom is -0.373 e. The zero-order valence-corrected chi connectivity index (χ0v) is 19.4. The second-order valence-electron chi connectivity index (χ2n) is 8.65. The van der Waals surface area contributed by atoms with Crippen LogP contribution in [-0.2, 0) is 5.41 Å². The van der Waals surface area contributed by atoms with Crippen LogP contribution >= 0.6 is 0 Å². The largest absolute Gasteiger partial charge is 0.373 e. The highest BCUT2D eigenvalue weighted by Crippen LogP contribution is 2.32. The summed E-state index contributed by atoms with van der Waals surface area (Å²) >= 11 is 0. The van der Waals surface area contributed by atoms with E-state index in [0.717, 1.165) is 11.1 Å². The Morgan fingerprint density at radius 3 is 2.62 bits per heavy atom. The molecule has 0 bridgehead atoms. The molecule has 2 aromatic carbocycles. The Balaban J connectivity index is 1.67. The number of nitrogens with zero attached hydrogens (tertiary/aromatic N) is 3. The quantitative estimate of drug-likeness (QED) is 0.396. The molecule has 4 rings (SSSR count). The van der Waals surface area contributed by atoms with E-state index in [4.69, 9.17) is 0 Å². The molecule has 0 saturated carbocycles. The van der Waals surface area contributed by atoms with E-state index in [1.54, 1.807) is 51.4 Å². The summed E-state index contributed by atoms with van der Waals surface area (Å²) in [5.74, 6) is -0.142. The molecule has 2 N–H and O–H groups in total. The maximum Gasteiger partial charge on any atom is 0.274 e. The Bertz CT molecular complexity index is 1460. The molecule has 0 spiro atoms. The van der Waals surface area contributed by atoms with Crippen molar-refractivity contribution in [3.05, 3.63) is 83.6 Å². The number of nitrogens with one attached hydrogen (secondary N) is 2. The first-order valence-electron chi connectivity index (χ1n) is 10.8. The molecule has 0 atom stereocenters. The zero-order valence-electron chi connectivity index (χ0n) is 19.4. The SMILES string of the molecule is CNc1cc2c(F)cc(-c3cc(NC(=O)c4cc(C(C)(C)C#N)ccn4)ccc3C)cc2cn1. The first-order valence-corrected chi connectivity index (χ1v) is 10.8. The molecule has 0 unspecified atom stereocenters. The number of pyridine rings is 2. The van der Waals surface area contributed by atoms with Crippen LogP contribution in [0.2, 0.25) is 0 Å². The zero-order chi connectivity index (χ0) is 24.5. The standard InChI is InChI=1S/C27H24FN5O/c1-16-5-6-20(33-26(34)24-11-19(7-8-31-24)27(2,3)15-29)12-21(16)17-9-18-14-32-25(30-4)13-22(18)23(28)10-17/h5-14H,1-4H3,(H,30,32)(H,33,34). The molecular formula is C27H24FN5O. The molecule has 2 aromatic heterocycles. The van der Waals surface area contributed by atoms with Crippen molar-refractivity contribution < 1.29 is 9.18 Å². The van der Waals surface area contributed by atoms with E-state index >= 15 is 0 Å². The van der Waals surface area contributed by atoms with Gasteiger partial charge in [-0.15, -0.1) is 0 Å². The van der Waals surface area contributed by atoms with Gasteiger partial charge in [0.2, 0.25) is 0 Å². The highest BCUT2D eigenvalue weighted by Gasteiger charge is 2.21. The maximum atomic E-state index is 14.9. The van der Waals surface area contributed by atoms with Crippen LogP contribution in [0.15, 0.2) is 60.9 Å². The van der Waals surface area contributed by atoms with Gasteiger partial charge in [-0.25, -0.2) is 9.37 Å². The molecule has 0 aliphatic rings. The Hall–Kier alpha value is -4.31. The van der Waals surface area contributed by atoms with E-state index in [-0.39, 0.29) is 17.4 Å². The predicted molar refractivity (Wildman–Crippen MR) is 132 cm³/mol. The third kappa shape index (κ3) is 4.44. The Kier molecular flexibility index (Phi) is 5.99. The number of nitriles is 1. The van der Waals surface area contributed by atoms with E-state index in [2.05, 4.69) is 26.7 Å². The number of hydrogen-bond donors (Lipinski definition) is 2. The van der Waals surface area contributed by atoms with Gasteiger partial charge in [-0.2, -0.15) is 5.26 Å². The smallest absolute Gasteiger partial charge is 0.274 e. The van der Waals surface area contributed by atoms with E-state index in [9.17, 15) is 14.4 Å². The van der Waals surface area contributed by atoms with Gasteiger partial charge >= 0.3 is 0 Å². The predicted octanol–water partition coefficient (Wildman–Crippen LogP) is 5.84. The topological polar surface area (TPSA) is 90.7 Å². The van der Waals surface area contributed by atoms with E-state index < -0.39 is 5.41 Å². The average molecular weight is 454 g/mol. The van der Waals surface area contributed by atoms with Crippen molar-refractivity contribution in [3.63, 3.8) is 0 Å². The lowest BCUT2D eigenvalue weighted by Gasteiger charge is -2.16. The summed E-state index contributed by atoms with van der Waals surface area (Å²) in [5.41, 5.74) is 3.16. The van der Waals surface area contributed by atoms with Gasteiger partial charge in [-0.3, -0.25) is 9.78 Å². The molecule has 2 heterocycles. The van der Waals surface area contributed by atoms with Gasteiger partial charge in [0.1, 0.15) is 17.3 Å². The fourth-order valence-corrected chi connectivity index (χ4v) is 3.72. The molecule has 4 aromatic rings. The molecule has 34 heavy (non-hydrogen) atoms. The average Bonchev–Trinajstić information content (AvgIpc) is 2.85. The van der Waals surface area contributed by atoms with Crippen LogP contribution in [0.1, 0.15) is 35.5 Å². The molecule has 0 fully saturated rings. The van der Waals surface area contributed by atoms with Crippen molar-refractivity contribution >= 4 is 28.2 Å². The van der Waals surface area contributed by atoms with E-state index in [0.29, 0.717) is 33.4 Å². The molecular weight excluding hydrogens is 429 g/mol. The minimum absolute atomic E-state index is 0.214. The van der Waals surface area contributed by atoms with Gasteiger partial charge in [-0.05, 0) is 85.5 Å². The highest BCUT2D eigenvalue weighted by molar-refractivity contribution is 6.03. The normalized spacial score (nSPS) is 11.2. The Morgan fingerprint density at radius 2 is 1.88 bits per heavy atom. The fourth-order valence-electron chi connectivity index (χ4n) is 3.72. The Morgan fingerprint density at radius 1 is 1.09 bits per heavy atom. The summed E-state index contributed by atoms with van der Waals surface area (Å²) < 4.78 is 14.9. The van der Waals surface area contributed by atoms with Crippen LogP contribution < -0.4 is 10.6 Å². The third-order valence-electron chi connectivity index (χ3n) is 5.84. The maximum absolute atomic E-state index is 14.9. The van der Waals surface area contributed by atoms with Gasteiger partial charge in [0.25, 0.3) is 5.91 Å². The number of carbonyl (C=O) groups is 1. The molecule has 1 amide bonds. The molecule has 0 aliphatic carbocycles. The van der Waals surface area contributed by atoms with Gasteiger partial charge < -0.3 is 10.6 Å². The summed E-state index contributed by atoms with van der Waals surface area (Å²) in [6, 6.07) is 16.1. The summed E-state index contributed by atoms with van der Waals surface area (Å²) in [6.07, 6.45) is 3.16. The summed E-state index contributed by atoms with van der Waals surface area (Å²) in [4.78, 5) is 21.3. The number of aromatic nitrogens is 2. The summed E-state index contributed by atoms with van der Waals surface area (Å²) in [7, 11) is 1.74. The van der Waals surface area contributed by atoms with Crippen molar-refractivity contribution in [1.29, 1.82) is 5.26 Å². The number of amides is 1. The number of fused-ring (bicyclic) bond motifs is 1. The van der Waals surface area contributed by atoms with Crippen LogP contribution in [0.3, 0.4) is 0 Å². The highest BCUT2D eigenvalue weighted by atomic mass is 19.1. The van der Waals surface area contributed by atoms with Crippen LogP contribution in [0.5, 0.6) is 0 Å².